The van der Waals surface area contributed by atoms with Crippen LogP contribution in [0, 0.1) is 0 Å². The molecule has 1 aromatic heterocycles. The Hall–Kier alpha value is -1.95. The maximum Gasteiger partial charge on any atom is 0.328 e. The number of anilines is 1. The highest BCUT2D eigenvalue weighted by atomic mass is 16.5. The van der Waals surface area contributed by atoms with Crippen LogP contribution in [0.5, 0.6) is 0 Å². The van der Waals surface area contributed by atoms with E-state index in [1.165, 1.54) is 6.08 Å². The molecule has 0 saturated carbocycles. The number of aliphatic carboxylic acids is 1. The third-order valence-electron chi connectivity index (χ3n) is 2.60. The van der Waals surface area contributed by atoms with Crippen LogP contribution in [0.1, 0.15) is 18.4 Å². The van der Waals surface area contributed by atoms with Crippen molar-refractivity contribution in [1.29, 1.82) is 0 Å². The highest BCUT2D eigenvalue weighted by Gasteiger charge is 2.14. The summed E-state index contributed by atoms with van der Waals surface area (Å²) in [5, 5.41) is 11.6. The van der Waals surface area contributed by atoms with Gasteiger partial charge in [0.2, 0.25) is 5.95 Å². The lowest BCUT2D eigenvalue weighted by Crippen LogP contribution is -2.19. The average molecular weight is 249 g/mol. The quantitative estimate of drug-likeness (QED) is 0.762. The number of carboxylic acid groups (broad SMARTS) is 1. The summed E-state index contributed by atoms with van der Waals surface area (Å²) in [6.45, 7) is 1.52. The van der Waals surface area contributed by atoms with Crippen LogP contribution in [0.25, 0.3) is 6.08 Å². The first-order valence-electron chi connectivity index (χ1n) is 5.82. The summed E-state index contributed by atoms with van der Waals surface area (Å²) in [5.41, 5.74) is 0.653. The van der Waals surface area contributed by atoms with E-state index < -0.39 is 5.97 Å². The van der Waals surface area contributed by atoms with E-state index in [1.54, 1.807) is 12.4 Å². The second-order valence-electron chi connectivity index (χ2n) is 4.03. The maximum absolute atomic E-state index is 10.3. The van der Waals surface area contributed by atoms with Crippen LogP contribution >= 0.6 is 0 Å². The summed E-state index contributed by atoms with van der Waals surface area (Å²) in [4.78, 5) is 18.5. The molecule has 6 nitrogen and oxygen atoms in total. The Morgan fingerprint density at radius 2 is 2.33 bits per heavy atom. The Morgan fingerprint density at radius 3 is 2.94 bits per heavy atom. The van der Waals surface area contributed by atoms with Gasteiger partial charge in [0.25, 0.3) is 0 Å². The smallest absolute Gasteiger partial charge is 0.328 e. The molecule has 0 aromatic carbocycles. The summed E-state index contributed by atoms with van der Waals surface area (Å²) >= 11 is 0. The normalized spacial score (nSPS) is 19.2. The molecule has 96 valence electrons. The van der Waals surface area contributed by atoms with Gasteiger partial charge in [-0.3, -0.25) is 0 Å². The molecule has 1 aromatic rings. The molecule has 2 heterocycles. The Labute approximate surface area is 105 Å². The number of aromatic nitrogens is 2. The van der Waals surface area contributed by atoms with E-state index >= 15 is 0 Å². The summed E-state index contributed by atoms with van der Waals surface area (Å²) in [5.74, 6) is -0.464. The summed E-state index contributed by atoms with van der Waals surface area (Å²) in [6.07, 6.45) is 8.05. The third-order valence-corrected chi connectivity index (χ3v) is 2.60. The first-order valence-corrected chi connectivity index (χ1v) is 5.82. The predicted molar refractivity (Wildman–Crippen MR) is 66.2 cm³/mol. The predicted octanol–water partition coefficient (Wildman–Crippen LogP) is 1.17. The van der Waals surface area contributed by atoms with Crippen molar-refractivity contribution in [3.8, 4) is 0 Å². The molecule has 0 aliphatic carbocycles. The third kappa shape index (κ3) is 3.81. The average Bonchev–Trinajstić information content (AvgIpc) is 2.88. The molecule has 1 saturated heterocycles. The van der Waals surface area contributed by atoms with Crippen LogP contribution in [0.3, 0.4) is 0 Å². The molecule has 1 unspecified atom stereocenters. The number of nitrogens with zero attached hydrogens (tertiary/aromatic N) is 2. The minimum absolute atomic E-state index is 0.236. The molecular weight excluding hydrogens is 234 g/mol. The van der Waals surface area contributed by atoms with Crippen molar-refractivity contribution in [1.82, 2.24) is 9.97 Å². The lowest BCUT2D eigenvalue weighted by Gasteiger charge is -2.10. The molecule has 18 heavy (non-hydrogen) atoms. The van der Waals surface area contributed by atoms with Crippen molar-refractivity contribution in [3.63, 3.8) is 0 Å². The van der Waals surface area contributed by atoms with E-state index in [0.717, 1.165) is 25.5 Å². The second-order valence-corrected chi connectivity index (χ2v) is 4.03. The van der Waals surface area contributed by atoms with Gasteiger partial charge in [0.1, 0.15) is 0 Å². The first-order chi connectivity index (χ1) is 8.74. The number of nitrogens with one attached hydrogen (secondary N) is 1. The lowest BCUT2D eigenvalue weighted by molar-refractivity contribution is -0.131. The maximum atomic E-state index is 10.3. The number of carbonyl (C=O) groups is 1. The SMILES string of the molecule is O=C(O)/C=C/c1cnc(NCC2CCCO2)nc1. The zero-order chi connectivity index (χ0) is 12.8. The van der Waals surface area contributed by atoms with Gasteiger partial charge in [-0.2, -0.15) is 0 Å². The molecule has 6 heteroatoms. The molecule has 1 aliphatic rings. The fourth-order valence-electron chi connectivity index (χ4n) is 1.69. The number of carboxylic acids is 1. The van der Waals surface area contributed by atoms with E-state index in [9.17, 15) is 4.79 Å². The van der Waals surface area contributed by atoms with Gasteiger partial charge in [-0.05, 0) is 18.9 Å². The molecule has 1 fully saturated rings. The van der Waals surface area contributed by atoms with Gasteiger partial charge >= 0.3 is 5.97 Å². The topological polar surface area (TPSA) is 84.3 Å². The summed E-state index contributed by atoms with van der Waals surface area (Å²) < 4.78 is 5.47. The van der Waals surface area contributed by atoms with Crippen LogP contribution in [0.4, 0.5) is 5.95 Å². The van der Waals surface area contributed by atoms with Gasteiger partial charge < -0.3 is 15.2 Å². The van der Waals surface area contributed by atoms with Gasteiger partial charge in [-0.15, -0.1) is 0 Å². The standard InChI is InChI=1S/C12H15N3O3/c16-11(17)4-3-9-6-13-12(14-7-9)15-8-10-2-1-5-18-10/h3-4,6-7,10H,1-2,5,8H2,(H,16,17)(H,13,14,15)/b4-3+. The van der Waals surface area contributed by atoms with Crippen molar-refractivity contribution < 1.29 is 14.6 Å². The van der Waals surface area contributed by atoms with E-state index in [1.807, 2.05) is 0 Å². The minimum atomic E-state index is -0.990. The largest absolute Gasteiger partial charge is 0.478 e. The minimum Gasteiger partial charge on any atom is -0.478 e. The van der Waals surface area contributed by atoms with Gasteiger partial charge in [-0.1, -0.05) is 0 Å². The second kappa shape index (κ2) is 6.11. The van der Waals surface area contributed by atoms with Gasteiger partial charge in [0.05, 0.1) is 6.10 Å². The van der Waals surface area contributed by atoms with E-state index in [0.29, 0.717) is 18.1 Å². The van der Waals surface area contributed by atoms with Crippen molar-refractivity contribution in [3.05, 3.63) is 24.0 Å². The zero-order valence-electron chi connectivity index (χ0n) is 9.87. The Balaban J connectivity index is 1.85. The molecule has 0 bridgehead atoms. The van der Waals surface area contributed by atoms with Crippen LogP contribution < -0.4 is 5.32 Å². The highest BCUT2D eigenvalue weighted by molar-refractivity contribution is 5.85. The van der Waals surface area contributed by atoms with Crippen molar-refractivity contribution in [2.24, 2.45) is 0 Å². The van der Waals surface area contributed by atoms with Crippen LogP contribution in [0.2, 0.25) is 0 Å². The molecule has 0 spiro atoms. The number of hydrogen-bond donors (Lipinski definition) is 2. The Morgan fingerprint density at radius 1 is 1.56 bits per heavy atom. The van der Waals surface area contributed by atoms with E-state index in [2.05, 4.69) is 15.3 Å². The molecular formula is C12H15N3O3. The van der Waals surface area contributed by atoms with Crippen LogP contribution in [0.15, 0.2) is 18.5 Å². The monoisotopic (exact) mass is 249 g/mol. The Bertz CT molecular complexity index is 425. The van der Waals surface area contributed by atoms with Crippen LogP contribution in [-0.2, 0) is 9.53 Å². The molecule has 1 aliphatic heterocycles. The van der Waals surface area contributed by atoms with E-state index in [4.69, 9.17) is 9.84 Å². The molecule has 2 rings (SSSR count). The van der Waals surface area contributed by atoms with Gasteiger partial charge in [0, 0.05) is 37.2 Å². The first kappa shape index (κ1) is 12.5. The van der Waals surface area contributed by atoms with E-state index in [-0.39, 0.29) is 6.10 Å². The number of hydrogen-bond acceptors (Lipinski definition) is 5. The van der Waals surface area contributed by atoms with Crippen molar-refractivity contribution >= 4 is 18.0 Å². The molecule has 1 atom stereocenters. The van der Waals surface area contributed by atoms with Gasteiger partial charge in [-0.25, -0.2) is 14.8 Å². The molecule has 0 amide bonds. The Kier molecular flexibility index (Phi) is 4.25. The zero-order valence-corrected chi connectivity index (χ0v) is 9.87. The van der Waals surface area contributed by atoms with Crippen molar-refractivity contribution in [2.75, 3.05) is 18.5 Å². The summed E-state index contributed by atoms with van der Waals surface area (Å²) in [7, 11) is 0. The lowest BCUT2D eigenvalue weighted by atomic mass is 10.2. The number of ether oxygens (including phenoxy) is 1. The highest BCUT2D eigenvalue weighted by Crippen LogP contribution is 2.12. The number of rotatable bonds is 5. The fourth-order valence-corrected chi connectivity index (χ4v) is 1.69. The van der Waals surface area contributed by atoms with Crippen LogP contribution in [-0.4, -0.2) is 40.3 Å². The molecule has 0 radical (unpaired) electrons. The molecule has 2 N–H and O–H groups in total. The van der Waals surface area contributed by atoms with Crippen molar-refractivity contribution in [2.45, 2.75) is 18.9 Å². The van der Waals surface area contributed by atoms with Gasteiger partial charge in [0.15, 0.2) is 0 Å². The fraction of sp³-hybridized carbons (Fsp3) is 0.417. The summed E-state index contributed by atoms with van der Waals surface area (Å²) in [6, 6.07) is 0.